The number of carbonyl (C=O) groups excluding carboxylic acids is 2. The van der Waals surface area contributed by atoms with Crippen molar-refractivity contribution < 1.29 is 19.1 Å². The first kappa shape index (κ1) is 28.8. The molecule has 188 valence electrons. The number of hydrogen-bond acceptors (Lipinski definition) is 4. The van der Waals surface area contributed by atoms with Crippen LogP contribution in [0.3, 0.4) is 0 Å². The van der Waals surface area contributed by atoms with Crippen molar-refractivity contribution in [3.05, 3.63) is 23.8 Å². The Morgan fingerprint density at radius 1 is 0.818 bits per heavy atom. The normalized spacial score (nSPS) is 11.9. The first-order chi connectivity index (χ1) is 15.4. The molecule has 0 heterocycles. The zero-order valence-electron chi connectivity index (χ0n) is 22.1. The summed E-state index contributed by atoms with van der Waals surface area (Å²) in [6.45, 7) is 13.9. The minimum atomic E-state index is -0.672. The number of ether oxygens (including phenoxy) is 2. The van der Waals surface area contributed by atoms with Crippen LogP contribution in [0.25, 0.3) is 0 Å². The molecular formula is C27H46N2O4. The molecule has 0 saturated carbocycles. The van der Waals surface area contributed by atoms with Crippen molar-refractivity contribution in [2.24, 2.45) is 10.8 Å². The molecule has 0 aliphatic rings. The van der Waals surface area contributed by atoms with E-state index in [0.717, 1.165) is 18.4 Å². The van der Waals surface area contributed by atoms with Crippen molar-refractivity contribution in [2.45, 2.75) is 99.6 Å². The number of carbonyl (C=O) groups is 2. The van der Waals surface area contributed by atoms with E-state index in [-0.39, 0.29) is 11.8 Å². The van der Waals surface area contributed by atoms with E-state index in [0.29, 0.717) is 18.1 Å². The fraction of sp³-hybridized carbons (Fsp3) is 0.704. The number of benzene rings is 1. The zero-order valence-corrected chi connectivity index (χ0v) is 22.1. The molecule has 6 nitrogen and oxygen atoms in total. The van der Waals surface area contributed by atoms with Crippen LogP contribution in [0.5, 0.6) is 11.5 Å². The maximum absolute atomic E-state index is 12.7. The van der Waals surface area contributed by atoms with Gasteiger partial charge >= 0.3 is 0 Å². The Morgan fingerprint density at radius 2 is 1.33 bits per heavy atom. The molecule has 6 heteroatoms. The van der Waals surface area contributed by atoms with Gasteiger partial charge in [-0.3, -0.25) is 9.59 Å². The van der Waals surface area contributed by atoms with Gasteiger partial charge in [-0.15, -0.1) is 0 Å². The number of nitrogens with one attached hydrogen (secondary N) is 2. The van der Waals surface area contributed by atoms with Crippen LogP contribution >= 0.6 is 0 Å². The van der Waals surface area contributed by atoms with Crippen molar-refractivity contribution in [1.29, 1.82) is 0 Å². The summed E-state index contributed by atoms with van der Waals surface area (Å²) >= 11 is 0. The minimum absolute atomic E-state index is 0.153. The summed E-state index contributed by atoms with van der Waals surface area (Å²) in [4.78, 5) is 25.3. The molecule has 1 aromatic rings. The maximum atomic E-state index is 12.7. The van der Waals surface area contributed by atoms with Gasteiger partial charge in [0, 0.05) is 10.8 Å². The van der Waals surface area contributed by atoms with Crippen molar-refractivity contribution in [3.8, 4) is 11.5 Å². The van der Waals surface area contributed by atoms with E-state index in [1.54, 1.807) is 7.11 Å². The summed E-state index contributed by atoms with van der Waals surface area (Å²) < 4.78 is 11.5. The smallest absolute Gasteiger partial charge is 0.227 e. The van der Waals surface area contributed by atoms with Crippen LogP contribution in [-0.2, 0) is 9.59 Å². The number of unbranched alkanes of at least 4 members (excludes halogenated alkanes) is 6. The average Bonchev–Trinajstić information content (AvgIpc) is 2.73. The third kappa shape index (κ3) is 10.5. The van der Waals surface area contributed by atoms with E-state index in [1.807, 2.05) is 59.7 Å². The van der Waals surface area contributed by atoms with Gasteiger partial charge in [-0.1, -0.05) is 93.1 Å². The lowest BCUT2D eigenvalue weighted by atomic mass is 9.94. The fourth-order valence-corrected chi connectivity index (χ4v) is 3.12. The molecule has 0 radical (unpaired) electrons. The van der Waals surface area contributed by atoms with Gasteiger partial charge in [0.25, 0.3) is 0 Å². The standard InChI is InChI=1S/C27H46N2O4/c1-9-10-11-12-13-14-15-18-33-21-17-16-20(19-22(21)32-8)23(28-24(30)26(2,3)4)29-25(31)27(5,6)7/h16-17,19,23H,9-15,18H2,1-8H3,(H,28,30)(H,29,31). The van der Waals surface area contributed by atoms with Gasteiger partial charge < -0.3 is 20.1 Å². The summed E-state index contributed by atoms with van der Waals surface area (Å²) in [5.74, 6) is 0.936. The molecule has 0 aliphatic carbocycles. The van der Waals surface area contributed by atoms with Crippen LogP contribution in [0.2, 0.25) is 0 Å². The molecule has 0 aliphatic heterocycles. The molecule has 0 saturated heterocycles. The number of amides is 2. The Morgan fingerprint density at radius 3 is 1.82 bits per heavy atom. The quantitative estimate of drug-likeness (QED) is 0.272. The molecule has 2 N–H and O–H groups in total. The molecule has 0 fully saturated rings. The molecule has 0 spiro atoms. The Labute approximate surface area is 201 Å². The molecule has 33 heavy (non-hydrogen) atoms. The maximum Gasteiger partial charge on any atom is 0.227 e. The third-order valence-electron chi connectivity index (χ3n) is 5.44. The molecule has 2 amide bonds. The summed E-state index contributed by atoms with van der Waals surface area (Å²) in [6, 6.07) is 5.52. The lowest BCUT2D eigenvalue weighted by Crippen LogP contribution is -2.47. The van der Waals surface area contributed by atoms with Crippen molar-refractivity contribution >= 4 is 11.8 Å². The molecule has 1 aromatic carbocycles. The van der Waals surface area contributed by atoms with Crippen molar-refractivity contribution in [3.63, 3.8) is 0 Å². The highest BCUT2D eigenvalue weighted by atomic mass is 16.5. The third-order valence-corrected chi connectivity index (χ3v) is 5.44. The predicted molar refractivity (Wildman–Crippen MR) is 134 cm³/mol. The topological polar surface area (TPSA) is 76.7 Å². The van der Waals surface area contributed by atoms with Crippen LogP contribution in [0.15, 0.2) is 18.2 Å². The van der Waals surface area contributed by atoms with Crippen molar-refractivity contribution in [1.82, 2.24) is 10.6 Å². The molecule has 0 aromatic heterocycles. The number of rotatable bonds is 13. The van der Waals surface area contributed by atoms with E-state index >= 15 is 0 Å². The highest BCUT2D eigenvalue weighted by molar-refractivity contribution is 5.84. The largest absolute Gasteiger partial charge is 0.493 e. The van der Waals surface area contributed by atoms with E-state index in [4.69, 9.17) is 9.47 Å². The van der Waals surface area contributed by atoms with E-state index in [9.17, 15) is 9.59 Å². The lowest BCUT2D eigenvalue weighted by Gasteiger charge is -2.28. The zero-order chi connectivity index (χ0) is 25.1. The lowest BCUT2D eigenvalue weighted by molar-refractivity contribution is -0.132. The second-order valence-corrected chi connectivity index (χ2v) is 10.8. The second-order valence-electron chi connectivity index (χ2n) is 10.8. The average molecular weight is 463 g/mol. The van der Waals surface area contributed by atoms with Crippen LogP contribution < -0.4 is 20.1 Å². The van der Waals surface area contributed by atoms with Crippen LogP contribution in [-0.4, -0.2) is 25.5 Å². The highest BCUT2D eigenvalue weighted by Gasteiger charge is 2.29. The summed E-state index contributed by atoms with van der Waals surface area (Å²) in [6.07, 6.45) is 7.90. The summed E-state index contributed by atoms with van der Waals surface area (Å²) in [5.41, 5.74) is -0.451. The van der Waals surface area contributed by atoms with Crippen LogP contribution in [0, 0.1) is 10.8 Å². The molecule has 0 atom stereocenters. The van der Waals surface area contributed by atoms with Gasteiger partial charge in [0.1, 0.15) is 6.17 Å². The Kier molecular flexibility index (Phi) is 11.7. The van der Waals surface area contributed by atoms with Gasteiger partial charge in [-0.2, -0.15) is 0 Å². The van der Waals surface area contributed by atoms with Gasteiger partial charge in [0.05, 0.1) is 13.7 Å². The summed E-state index contributed by atoms with van der Waals surface area (Å²) in [7, 11) is 1.59. The predicted octanol–water partition coefficient (Wildman–Crippen LogP) is 6.15. The summed E-state index contributed by atoms with van der Waals surface area (Å²) in [5, 5.41) is 5.92. The minimum Gasteiger partial charge on any atom is -0.493 e. The monoisotopic (exact) mass is 462 g/mol. The SMILES string of the molecule is CCCCCCCCCOc1ccc(C(NC(=O)C(C)(C)C)NC(=O)C(C)(C)C)cc1OC. The van der Waals surface area contributed by atoms with Gasteiger partial charge in [0.15, 0.2) is 11.5 Å². The molecule has 0 bridgehead atoms. The molecule has 1 rings (SSSR count). The highest BCUT2D eigenvalue weighted by Crippen LogP contribution is 2.31. The second kappa shape index (κ2) is 13.5. The molecular weight excluding hydrogens is 416 g/mol. The van der Waals surface area contributed by atoms with Gasteiger partial charge in [-0.25, -0.2) is 0 Å². The Hall–Kier alpha value is -2.24. The molecule has 0 unspecified atom stereocenters. The number of methoxy groups -OCH3 is 1. The van der Waals surface area contributed by atoms with E-state index in [2.05, 4.69) is 17.6 Å². The van der Waals surface area contributed by atoms with E-state index in [1.165, 1.54) is 32.1 Å². The van der Waals surface area contributed by atoms with Gasteiger partial charge in [-0.05, 0) is 24.1 Å². The Balaban J connectivity index is 2.88. The fourth-order valence-electron chi connectivity index (χ4n) is 3.12. The van der Waals surface area contributed by atoms with Gasteiger partial charge in [0.2, 0.25) is 11.8 Å². The van der Waals surface area contributed by atoms with Crippen molar-refractivity contribution in [2.75, 3.05) is 13.7 Å². The van der Waals surface area contributed by atoms with E-state index < -0.39 is 17.0 Å². The van der Waals surface area contributed by atoms with Crippen LogP contribution in [0.4, 0.5) is 0 Å². The Bertz CT molecular complexity index is 719. The first-order valence-electron chi connectivity index (χ1n) is 12.3. The van der Waals surface area contributed by atoms with Crippen LogP contribution in [0.1, 0.15) is 105 Å². The number of hydrogen-bond donors (Lipinski definition) is 2. The first-order valence-corrected chi connectivity index (χ1v) is 12.3.